The van der Waals surface area contributed by atoms with E-state index in [1.165, 1.54) is 0 Å². The van der Waals surface area contributed by atoms with Crippen LogP contribution in [0.4, 0.5) is 5.69 Å². The molecule has 3 aromatic carbocycles. The van der Waals surface area contributed by atoms with Crippen LogP contribution in [0.2, 0.25) is 5.02 Å². The van der Waals surface area contributed by atoms with Crippen molar-refractivity contribution in [2.45, 2.75) is 27.7 Å². The first kappa shape index (κ1) is 19.2. The molecule has 0 unspecified atom stereocenters. The lowest BCUT2D eigenvalue weighted by Gasteiger charge is -2.10. The number of rotatable bonds is 3. The number of aromatic nitrogens is 1. The van der Waals surface area contributed by atoms with Crippen molar-refractivity contribution in [3.63, 3.8) is 0 Å². The molecule has 29 heavy (non-hydrogen) atoms. The van der Waals surface area contributed by atoms with E-state index in [-0.39, 0.29) is 5.91 Å². The molecule has 4 aromatic rings. The molecule has 0 spiro atoms. The highest BCUT2D eigenvalue weighted by Gasteiger charge is 2.16. The Morgan fingerprint density at radius 2 is 1.69 bits per heavy atom. The fraction of sp³-hybridized carbons (Fsp3) is 0.167. The van der Waals surface area contributed by atoms with Gasteiger partial charge in [-0.2, -0.15) is 0 Å². The highest BCUT2D eigenvalue weighted by molar-refractivity contribution is 6.33. The van der Waals surface area contributed by atoms with Gasteiger partial charge in [0.15, 0.2) is 5.58 Å². The number of halogens is 1. The first-order chi connectivity index (χ1) is 13.8. The molecule has 0 aliphatic carbocycles. The maximum absolute atomic E-state index is 12.7. The topological polar surface area (TPSA) is 55.1 Å². The van der Waals surface area contributed by atoms with Gasteiger partial charge in [0.05, 0.1) is 10.6 Å². The zero-order chi connectivity index (χ0) is 20.7. The second-order valence-electron chi connectivity index (χ2n) is 7.42. The smallest absolute Gasteiger partial charge is 0.255 e. The zero-order valence-corrected chi connectivity index (χ0v) is 17.5. The van der Waals surface area contributed by atoms with Crippen LogP contribution in [0.3, 0.4) is 0 Å². The number of anilines is 1. The van der Waals surface area contributed by atoms with Crippen LogP contribution in [-0.2, 0) is 0 Å². The molecule has 0 fully saturated rings. The van der Waals surface area contributed by atoms with E-state index in [1.54, 1.807) is 18.2 Å². The van der Waals surface area contributed by atoms with Crippen molar-refractivity contribution >= 4 is 34.3 Å². The van der Waals surface area contributed by atoms with Gasteiger partial charge in [0.1, 0.15) is 5.52 Å². The predicted octanol–water partition coefficient (Wildman–Crippen LogP) is 6.63. The average molecular weight is 405 g/mol. The minimum atomic E-state index is -0.167. The van der Waals surface area contributed by atoms with Crippen LogP contribution in [0, 0.1) is 27.7 Å². The zero-order valence-electron chi connectivity index (χ0n) is 16.8. The molecule has 0 atom stereocenters. The Bertz CT molecular complexity index is 1260. The van der Waals surface area contributed by atoms with E-state index in [4.69, 9.17) is 16.0 Å². The summed E-state index contributed by atoms with van der Waals surface area (Å²) in [7, 11) is 0. The van der Waals surface area contributed by atoms with Gasteiger partial charge >= 0.3 is 0 Å². The quantitative estimate of drug-likeness (QED) is 0.416. The second-order valence-corrected chi connectivity index (χ2v) is 7.82. The maximum atomic E-state index is 12.7. The Hall–Kier alpha value is -3.11. The number of nitrogens with one attached hydrogen (secondary N) is 1. The van der Waals surface area contributed by atoms with E-state index in [1.807, 2.05) is 52.0 Å². The third-order valence-electron chi connectivity index (χ3n) is 4.90. The van der Waals surface area contributed by atoms with Crippen molar-refractivity contribution in [3.05, 3.63) is 81.4 Å². The van der Waals surface area contributed by atoms with Crippen LogP contribution >= 0.6 is 11.6 Å². The lowest BCUT2D eigenvalue weighted by atomic mass is 10.1. The van der Waals surface area contributed by atoms with E-state index in [0.717, 1.165) is 33.4 Å². The van der Waals surface area contributed by atoms with Gasteiger partial charge in [0.2, 0.25) is 5.89 Å². The number of amides is 1. The normalized spacial score (nSPS) is 11.1. The number of fused-ring (bicyclic) bond motifs is 1. The number of benzene rings is 3. The van der Waals surface area contributed by atoms with Gasteiger partial charge in [-0.3, -0.25) is 4.79 Å². The number of carbonyl (C=O) groups is 1. The average Bonchev–Trinajstić information content (AvgIpc) is 3.07. The third-order valence-corrected chi connectivity index (χ3v) is 5.23. The van der Waals surface area contributed by atoms with Gasteiger partial charge in [-0.1, -0.05) is 35.4 Å². The second kappa shape index (κ2) is 7.37. The molecule has 0 bridgehead atoms. The summed E-state index contributed by atoms with van der Waals surface area (Å²) < 4.78 is 5.99. The Labute approximate surface area is 174 Å². The van der Waals surface area contributed by atoms with Crippen LogP contribution in [0.15, 0.2) is 52.9 Å². The first-order valence-corrected chi connectivity index (χ1v) is 9.76. The van der Waals surface area contributed by atoms with Crippen LogP contribution in [-0.4, -0.2) is 10.9 Å². The minimum Gasteiger partial charge on any atom is -0.436 e. The molecule has 5 heteroatoms. The Morgan fingerprint density at radius 3 is 2.45 bits per heavy atom. The first-order valence-electron chi connectivity index (χ1n) is 9.38. The fourth-order valence-corrected chi connectivity index (χ4v) is 3.72. The largest absolute Gasteiger partial charge is 0.436 e. The van der Waals surface area contributed by atoms with E-state index < -0.39 is 0 Å². The Kier molecular flexibility index (Phi) is 4.89. The maximum Gasteiger partial charge on any atom is 0.255 e. The lowest BCUT2D eigenvalue weighted by Crippen LogP contribution is -2.13. The van der Waals surface area contributed by atoms with Gasteiger partial charge in [-0.25, -0.2) is 4.98 Å². The number of aryl methyl sites for hydroxylation is 4. The summed E-state index contributed by atoms with van der Waals surface area (Å²) in [6.45, 7) is 7.95. The number of carbonyl (C=O) groups excluding carboxylic acids is 1. The molecule has 1 N–H and O–H groups in total. The summed E-state index contributed by atoms with van der Waals surface area (Å²) in [5.41, 5.74) is 7.63. The molecular formula is C24H21ClN2O2. The number of nitrogens with zero attached hydrogens (tertiary/aromatic N) is 1. The van der Waals surface area contributed by atoms with Crippen molar-refractivity contribution in [2.75, 3.05) is 5.32 Å². The number of oxazole rings is 1. The third kappa shape index (κ3) is 3.76. The molecule has 0 saturated heterocycles. The van der Waals surface area contributed by atoms with Crippen molar-refractivity contribution in [2.24, 2.45) is 0 Å². The minimum absolute atomic E-state index is 0.167. The van der Waals surface area contributed by atoms with Gasteiger partial charge in [0.25, 0.3) is 5.91 Å². The van der Waals surface area contributed by atoms with Gasteiger partial charge < -0.3 is 9.73 Å². The van der Waals surface area contributed by atoms with E-state index in [9.17, 15) is 4.79 Å². The van der Waals surface area contributed by atoms with Gasteiger partial charge in [0, 0.05) is 11.3 Å². The molecule has 0 radical (unpaired) electrons. The van der Waals surface area contributed by atoms with Crippen molar-refractivity contribution in [1.29, 1.82) is 0 Å². The van der Waals surface area contributed by atoms with Crippen molar-refractivity contribution in [1.82, 2.24) is 4.98 Å². The molecule has 0 saturated carbocycles. The summed E-state index contributed by atoms with van der Waals surface area (Å²) in [4.78, 5) is 17.3. The molecule has 146 valence electrons. The number of hydrogen-bond donors (Lipinski definition) is 1. The predicted molar refractivity (Wildman–Crippen MR) is 118 cm³/mol. The van der Waals surface area contributed by atoms with E-state index in [2.05, 4.69) is 16.4 Å². The van der Waals surface area contributed by atoms with Crippen LogP contribution in [0.25, 0.3) is 22.6 Å². The Morgan fingerprint density at radius 1 is 0.931 bits per heavy atom. The number of hydrogen-bond acceptors (Lipinski definition) is 3. The van der Waals surface area contributed by atoms with Gasteiger partial charge in [-0.05, 0) is 74.7 Å². The van der Waals surface area contributed by atoms with Crippen molar-refractivity contribution in [3.8, 4) is 11.5 Å². The fourth-order valence-electron chi connectivity index (χ4n) is 3.53. The summed E-state index contributed by atoms with van der Waals surface area (Å²) in [5.74, 6) is 0.265. The van der Waals surface area contributed by atoms with E-state index in [0.29, 0.717) is 27.7 Å². The molecule has 4 rings (SSSR count). The standard InChI is InChI=1S/C24H21ClN2O2/c1-13-5-7-18(15(3)9-13)23(28)26-17-6-8-20(25)19(12-17)24-27-21-11-14(2)10-16(4)22(21)29-24/h5-12H,1-4H3,(H,26,28). The molecule has 0 aliphatic heterocycles. The van der Waals surface area contributed by atoms with Gasteiger partial charge in [-0.15, -0.1) is 0 Å². The summed E-state index contributed by atoms with van der Waals surface area (Å²) in [5, 5.41) is 3.45. The summed E-state index contributed by atoms with van der Waals surface area (Å²) in [6.07, 6.45) is 0. The molecule has 0 aliphatic rings. The van der Waals surface area contributed by atoms with Crippen molar-refractivity contribution < 1.29 is 9.21 Å². The van der Waals surface area contributed by atoms with Crippen LogP contribution in [0.1, 0.15) is 32.6 Å². The summed E-state index contributed by atoms with van der Waals surface area (Å²) in [6, 6.07) is 15.1. The monoisotopic (exact) mass is 404 g/mol. The molecule has 1 aromatic heterocycles. The highest BCUT2D eigenvalue weighted by Crippen LogP contribution is 2.33. The highest BCUT2D eigenvalue weighted by atomic mass is 35.5. The molecule has 4 nitrogen and oxygen atoms in total. The molecule has 1 heterocycles. The van der Waals surface area contributed by atoms with Crippen LogP contribution in [0.5, 0.6) is 0 Å². The molecular weight excluding hydrogens is 384 g/mol. The summed E-state index contributed by atoms with van der Waals surface area (Å²) >= 11 is 6.41. The Balaban J connectivity index is 1.69. The lowest BCUT2D eigenvalue weighted by molar-refractivity contribution is 0.102. The van der Waals surface area contributed by atoms with Crippen LogP contribution < -0.4 is 5.32 Å². The van der Waals surface area contributed by atoms with E-state index >= 15 is 0 Å². The molecule has 1 amide bonds. The SMILES string of the molecule is Cc1ccc(C(=O)Nc2ccc(Cl)c(-c3nc4cc(C)cc(C)c4o3)c2)c(C)c1.